The summed E-state index contributed by atoms with van der Waals surface area (Å²) in [6.07, 6.45) is 0.818. The van der Waals surface area contributed by atoms with Crippen LogP contribution in [0.2, 0.25) is 0 Å². The number of carboxylic acid groups (broad SMARTS) is 1. The van der Waals surface area contributed by atoms with Crippen LogP contribution >= 0.6 is 0 Å². The Hall–Kier alpha value is -1.47. The number of aliphatic carboxylic acids is 1. The van der Waals surface area contributed by atoms with Crippen molar-refractivity contribution in [1.29, 1.82) is 0 Å². The van der Waals surface area contributed by atoms with Gasteiger partial charge in [0.15, 0.2) is 9.84 Å². The Morgan fingerprint density at radius 3 is 2.53 bits per heavy atom. The predicted octanol–water partition coefficient (Wildman–Crippen LogP) is 0.184. The van der Waals surface area contributed by atoms with Gasteiger partial charge in [-0.15, -0.1) is 0 Å². The minimum Gasteiger partial charge on any atom is -0.480 e. The SMILES string of the molecule is CS(=O)(=O)c1cc(F)cc(CC(N)C(=O)O)c1. The van der Waals surface area contributed by atoms with E-state index in [9.17, 15) is 17.6 Å². The molecule has 17 heavy (non-hydrogen) atoms. The van der Waals surface area contributed by atoms with Crippen LogP contribution in [-0.4, -0.2) is 31.8 Å². The molecule has 0 heterocycles. The molecule has 94 valence electrons. The maximum atomic E-state index is 13.2. The number of hydrogen-bond donors (Lipinski definition) is 2. The van der Waals surface area contributed by atoms with Crippen LogP contribution < -0.4 is 5.73 Å². The first-order chi connectivity index (χ1) is 7.70. The van der Waals surface area contributed by atoms with Crippen molar-refractivity contribution in [1.82, 2.24) is 0 Å². The van der Waals surface area contributed by atoms with E-state index in [1.807, 2.05) is 0 Å². The zero-order valence-electron chi connectivity index (χ0n) is 9.05. The highest BCUT2D eigenvalue weighted by Crippen LogP contribution is 2.15. The highest BCUT2D eigenvalue weighted by molar-refractivity contribution is 7.90. The lowest BCUT2D eigenvalue weighted by Gasteiger charge is -2.08. The van der Waals surface area contributed by atoms with Gasteiger partial charge in [-0.2, -0.15) is 0 Å². The molecule has 1 unspecified atom stereocenters. The molecule has 0 amide bonds. The highest BCUT2D eigenvalue weighted by atomic mass is 32.2. The molecule has 7 heteroatoms. The van der Waals surface area contributed by atoms with Crippen LogP contribution in [0.15, 0.2) is 23.1 Å². The third-order valence-corrected chi connectivity index (χ3v) is 3.22. The molecule has 0 saturated carbocycles. The smallest absolute Gasteiger partial charge is 0.320 e. The van der Waals surface area contributed by atoms with E-state index in [2.05, 4.69) is 0 Å². The molecule has 1 aromatic rings. The second-order valence-corrected chi connectivity index (χ2v) is 5.73. The molecule has 1 aromatic carbocycles. The molecule has 0 aromatic heterocycles. The molecule has 1 rings (SSSR count). The van der Waals surface area contributed by atoms with Crippen LogP contribution in [0.25, 0.3) is 0 Å². The molecule has 0 saturated heterocycles. The first-order valence-electron chi connectivity index (χ1n) is 4.68. The third kappa shape index (κ3) is 3.79. The van der Waals surface area contributed by atoms with E-state index in [-0.39, 0.29) is 16.9 Å². The lowest BCUT2D eigenvalue weighted by atomic mass is 10.1. The average Bonchev–Trinajstić information content (AvgIpc) is 2.15. The van der Waals surface area contributed by atoms with Crippen molar-refractivity contribution in [3.63, 3.8) is 0 Å². The Kier molecular flexibility index (Phi) is 3.84. The molecule has 1 atom stereocenters. The number of hydrogen-bond acceptors (Lipinski definition) is 4. The molecular weight excluding hydrogens is 249 g/mol. The van der Waals surface area contributed by atoms with Crippen LogP contribution in [0, 0.1) is 5.82 Å². The topological polar surface area (TPSA) is 97.5 Å². The summed E-state index contributed by atoms with van der Waals surface area (Å²) in [5.41, 5.74) is 5.52. The van der Waals surface area contributed by atoms with E-state index < -0.39 is 27.7 Å². The average molecular weight is 261 g/mol. The Bertz CT molecular complexity index is 541. The van der Waals surface area contributed by atoms with Crippen LogP contribution in [-0.2, 0) is 21.1 Å². The normalized spacial score (nSPS) is 13.4. The van der Waals surface area contributed by atoms with E-state index in [0.717, 1.165) is 18.4 Å². The highest BCUT2D eigenvalue weighted by Gasteiger charge is 2.15. The van der Waals surface area contributed by atoms with Crippen molar-refractivity contribution in [2.45, 2.75) is 17.4 Å². The summed E-state index contributed by atoms with van der Waals surface area (Å²) in [6, 6.07) is 1.98. The predicted molar refractivity (Wildman–Crippen MR) is 58.8 cm³/mol. The Labute approximate surface area is 98.0 Å². The second-order valence-electron chi connectivity index (χ2n) is 3.72. The van der Waals surface area contributed by atoms with E-state index in [1.165, 1.54) is 6.07 Å². The minimum atomic E-state index is -3.53. The van der Waals surface area contributed by atoms with Gasteiger partial charge in [0.05, 0.1) is 4.90 Å². The number of halogens is 1. The monoisotopic (exact) mass is 261 g/mol. The zero-order chi connectivity index (χ0) is 13.2. The standard InChI is InChI=1S/C10H12FNO4S/c1-17(15,16)8-3-6(2-7(11)5-8)4-9(12)10(13)14/h2-3,5,9H,4,12H2,1H3,(H,13,14). The van der Waals surface area contributed by atoms with E-state index in [1.54, 1.807) is 0 Å². The van der Waals surface area contributed by atoms with Crippen molar-refractivity contribution >= 4 is 15.8 Å². The number of rotatable bonds is 4. The summed E-state index contributed by atoms with van der Waals surface area (Å²) >= 11 is 0. The van der Waals surface area contributed by atoms with Gasteiger partial charge in [0.25, 0.3) is 0 Å². The fourth-order valence-corrected chi connectivity index (χ4v) is 1.99. The van der Waals surface area contributed by atoms with Gasteiger partial charge >= 0.3 is 5.97 Å². The quantitative estimate of drug-likeness (QED) is 0.806. The second kappa shape index (κ2) is 4.80. The van der Waals surface area contributed by atoms with Crippen molar-refractivity contribution in [2.75, 3.05) is 6.26 Å². The lowest BCUT2D eigenvalue weighted by molar-refractivity contribution is -0.138. The molecule has 0 bridgehead atoms. The van der Waals surface area contributed by atoms with Crippen molar-refractivity contribution in [3.8, 4) is 0 Å². The van der Waals surface area contributed by atoms with Crippen molar-refractivity contribution in [3.05, 3.63) is 29.6 Å². The van der Waals surface area contributed by atoms with Crippen LogP contribution in [0.3, 0.4) is 0 Å². The third-order valence-electron chi connectivity index (χ3n) is 2.13. The van der Waals surface area contributed by atoms with Gasteiger partial charge in [0, 0.05) is 6.26 Å². The Balaban J connectivity index is 3.11. The van der Waals surface area contributed by atoms with Crippen LogP contribution in [0.5, 0.6) is 0 Å². The molecule has 0 radical (unpaired) electrons. The number of sulfone groups is 1. The van der Waals surface area contributed by atoms with E-state index >= 15 is 0 Å². The van der Waals surface area contributed by atoms with E-state index in [0.29, 0.717) is 0 Å². The summed E-state index contributed by atoms with van der Waals surface area (Å²) in [5.74, 6) is -1.96. The molecule has 3 N–H and O–H groups in total. The summed E-state index contributed by atoms with van der Waals surface area (Å²) in [6.45, 7) is 0. The molecule has 0 fully saturated rings. The summed E-state index contributed by atoms with van der Waals surface area (Å²) in [5, 5.41) is 8.60. The molecule has 0 aliphatic rings. The number of carbonyl (C=O) groups is 1. The molecule has 0 spiro atoms. The summed E-state index contributed by atoms with van der Waals surface area (Å²) in [7, 11) is -3.53. The van der Waals surface area contributed by atoms with Gasteiger partial charge in [0.1, 0.15) is 11.9 Å². The van der Waals surface area contributed by atoms with Gasteiger partial charge in [-0.25, -0.2) is 12.8 Å². The largest absolute Gasteiger partial charge is 0.480 e. The van der Waals surface area contributed by atoms with Crippen molar-refractivity contribution in [2.24, 2.45) is 5.73 Å². The zero-order valence-corrected chi connectivity index (χ0v) is 9.87. The first kappa shape index (κ1) is 13.6. The first-order valence-corrected chi connectivity index (χ1v) is 6.57. The van der Waals surface area contributed by atoms with Gasteiger partial charge < -0.3 is 10.8 Å². The van der Waals surface area contributed by atoms with Gasteiger partial charge in [-0.05, 0) is 30.2 Å². The van der Waals surface area contributed by atoms with Gasteiger partial charge in [-0.3, -0.25) is 4.79 Å². The maximum absolute atomic E-state index is 13.2. The van der Waals surface area contributed by atoms with Crippen LogP contribution in [0.4, 0.5) is 4.39 Å². The molecular formula is C10H12FNO4S. The lowest BCUT2D eigenvalue weighted by Crippen LogP contribution is -2.32. The van der Waals surface area contributed by atoms with E-state index in [4.69, 9.17) is 10.8 Å². The van der Waals surface area contributed by atoms with Crippen LogP contribution in [0.1, 0.15) is 5.56 Å². The van der Waals surface area contributed by atoms with Gasteiger partial charge in [0.2, 0.25) is 0 Å². The summed E-state index contributed by atoms with van der Waals surface area (Å²) < 4.78 is 35.6. The number of nitrogens with two attached hydrogens (primary N) is 1. The minimum absolute atomic E-state index is 0.129. The molecule has 0 aliphatic heterocycles. The Morgan fingerprint density at radius 2 is 2.06 bits per heavy atom. The number of benzene rings is 1. The number of carboxylic acids is 1. The molecule has 5 nitrogen and oxygen atoms in total. The van der Waals surface area contributed by atoms with Gasteiger partial charge in [-0.1, -0.05) is 0 Å². The van der Waals surface area contributed by atoms with Crippen molar-refractivity contribution < 1.29 is 22.7 Å². The molecule has 0 aliphatic carbocycles. The maximum Gasteiger partial charge on any atom is 0.320 e. The summed E-state index contributed by atoms with van der Waals surface area (Å²) in [4.78, 5) is 10.3. The fourth-order valence-electron chi connectivity index (χ4n) is 1.29. The Morgan fingerprint density at radius 1 is 1.47 bits per heavy atom. The fraction of sp³-hybridized carbons (Fsp3) is 0.300.